The number of nitrogens with one attached hydrogen (secondary N) is 3. The molecular weight excluding hydrogens is 246 g/mol. The minimum Gasteiger partial charge on any atom is -0.366 e. The fourth-order valence-electron chi connectivity index (χ4n) is 1.01. The predicted molar refractivity (Wildman–Crippen MR) is 68.4 cm³/mol. The summed E-state index contributed by atoms with van der Waals surface area (Å²) in [7, 11) is 1.78. The molecule has 5 nitrogen and oxygen atoms in total. The van der Waals surface area contributed by atoms with Crippen molar-refractivity contribution in [3.8, 4) is 0 Å². The molecule has 0 radical (unpaired) electrons. The third-order valence-corrected chi connectivity index (χ3v) is 2.36. The first-order valence-electron chi connectivity index (χ1n) is 4.87. The molecule has 1 rings (SSSR count). The van der Waals surface area contributed by atoms with Crippen LogP contribution in [0.3, 0.4) is 0 Å². The normalized spacial score (nSPS) is 9.88. The predicted octanol–water partition coefficient (Wildman–Crippen LogP) is 0.313. The van der Waals surface area contributed by atoms with Crippen molar-refractivity contribution in [3.63, 3.8) is 0 Å². The third kappa shape index (κ3) is 5.20. The second-order valence-electron chi connectivity index (χ2n) is 3.03. The van der Waals surface area contributed by atoms with Crippen LogP contribution in [0.15, 0.2) is 12.1 Å². The lowest BCUT2D eigenvalue weighted by atomic mass is 10.4. The van der Waals surface area contributed by atoms with E-state index in [1.165, 1.54) is 0 Å². The smallest absolute Gasteiger partial charge is 0.166 e. The molecule has 1 aromatic rings. The van der Waals surface area contributed by atoms with Crippen molar-refractivity contribution in [1.29, 1.82) is 0 Å². The van der Waals surface area contributed by atoms with Gasteiger partial charge in [-0.05, 0) is 24.4 Å². The van der Waals surface area contributed by atoms with Crippen LogP contribution in [0.2, 0.25) is 5.15 Å². The first kappa shape index (κ1) is 13.1. The van der Waals surface area contributed by atoms with Gasteiger partial charge < -0.3 is 16.0 Å². The van der Waals surface area contributed by atoms with Crippen LogP contribution in [-0.4, -0.2) is 35.4 Å². The standard InChI is InChI=1S/C9H14ClN5S/c1-11-9(16)13-5-4-12-6-7-2-3-8(10)15-14-7/h2-3,12H,4-6H2,1H3,(H2,11,13,16). The highest BCUT2D eigenvalue weighted by atomic mass is 35.5. The van der Waals surface area contributed by atoms with E-state index in [4.69, 9.17) is 23.8 Å². The highest BCUT2D eigenvalue weighted by Crippen LogP contribution is 2.01. The molecule has 0 spiro atoms. The van der Waals surface area contributed by atoms with Crippen LogP contribution in [0, 0.1) is 0 Å². The van der Waals surface area contributed by atoms with Crippen molar-refractivity contribution in [2.24, 2.45) is 0 Å². The lowest BCUT2D eigenvalue weighted by Crippen LogP contribution is -2.37. The second kappa shape index (κ2) is 7.32. The third-order valence-electron chi connectivity index (χ3n) is 1.81. The van der Waals surface area contributed by atoms with E-state index in [1.807, 2.05) is 6.07 Å². The van der Waals surface area contributed by atoms with Gasteiger partial charge in [-0.2, -0.15) is 5.10 Å². The topological polar surface area (TPSA) is 61.9 Å². The van der Waals surface area contributed by atoms with Gasteiger partial charge in [0.05, 0.1) is 5.69 Å². The van der Waals surface area contributed by atoms with E-state index in [2.05, 4.69) is 26.1 Å². The largest absolute Gasteiger partial charge is 0.366 e. The molecule has 0 atom stereocenters. The van der Waals surface area contributed by atoms with Gasteiger partial charge in [-0.3, -0.25) is 0 Å². The molecule has 0 saturated carbocycles. The first-order chi connectivity index (χ1) is 7.72. The molecule has 0 aliphatic heterocycles. The quantitative estimate of drug-likeness (QED) is 0.523. The van der Waals surface area contributed by atoms with Gasteiger partial charge in [-0.15, -0.1) is 5.10 Å². The second-order valence-corrected chi connectivity index (χ2v) is 3.83. The zero-order valence-corrected chi connectivity index (χ0v) is 10.5. The van der Waals surface area contributed by atoms with Crippen molar-refractivity contribution < 1.29 is 0 Å². The SMILES string of the molecule is CNC(=S)NCCNCc1ccc(Cl)nn1. The summed E-state index contributed by atoms with van der Waals surface area (Å²) in [6.07, 6.45) is 0. The van der Waals surface area contributed by atoms with Crippen LogP contribution in [0.25, 0.3) is 0 Å². The van der Waals surface area contributed by atoms with Crippen LogP contribution in [0.5, 0.6) is 0 Å². The van der Waals surface area contributed by atoms with E-state index >= 15 is 0 Å². The van der Waals surface area contributed by atoms with Gasteiger partial charge in [-0.25, -0.2) is 0 Å². The fraction of sp³-hybridized carbons (Fsp3) is 0.444. The van der Waals surface area contributed by atoms with E-state index in [-0.39, 0.29) is 0 Å². The number of halogens is 1. The molecule has 0 unspecified atom stereocenters. The van der Waals surface area contributed by atoms with Crippen molar-refractivity contribution in [2.75, 3.05) is 20.1 Å². The molecule has 0 aromatic carbocycles. The van der Waals surface area contributed by atoms with Crippen LogP contribution in [-0.2, 0) is 6.54 Å². The van der Waals surface area contributed by atoms with E-state index < -0.39 is 0 Å². The summed E-state index contributed by atoms with van der Waals surface area (Å²) in [5.74, 6) is 0. The van der Waals surface area contributed by atoms with Gasteiger partial charge in [0.25, 0.3) is 0 Å². The van der Waals surface area contributed by atoms with Gasteiger partial charge in [0.15, 0.2) is 10.3 Å². The summed E-state index contributed by atoms with van der Waals surface area (Å²) in [4.78, 5) is 0. The first-order valence-corrected chi connectivity index (χ1v) is 5.65. The highest BCUT2D eigenvalue weighted by Gasteiger charge is 1.95. The summed E-state index contributed by atoms with van der Waals surface area (Å²) >= 11 is 10.5. The van der Waals surface area contributed by atoms with Crippen LogP contribution >= 0.6 is 23.8 Å². The minimum absolute atomic E-state index is 0.407. The summed E-state index contributed by atoms with van der Waals surface area (Å²) in [6, 6.07) is 3.56. The molecule has 1 aromatic heterocycles. The molecule has 0 fully saturated rings. The number of aromatic nitrogens is 2. The maximum absolute atomic E-state index is 5.62. The lowest BCUT2D eigenvalue weighted by molar-refractivity contribution is 0.653. The Morgan fingerprint density at radius 1 is 1.38 bits per heavy atom. The van der Waals surface area contributed by atoms with Gasteiger partial charge in [0, 0.05) is 26.7 Å². The van der Waals surface area contributed by atoms with E-state index in [0.29, 0.717) is 16.8 Å². The van der Waals surface area contributed by atoms with E-state index in [9.17, 15) is 0 Å². The number of hydrogen-bond donors (Lipinski definition) is 3. The molecule has 0 aliphatic rings. The van der Waals surface area contributed by atoms with Crippen molar-refractivity contribution in [3.05, 3.63) is 23.0 Å². The maximum Gasteiger partial charge on any atom is 0.166 e. The summed E-state index contributed by atoms with van der Waals surface area (Å²) < 4.78 is 0. The summed E-state index contributed by atoms with van der Waals surface area (Å²) in [6.45, 7) is 2.23. The van der Waals surface area contributed by atoms with E-state index in [0.717, 1.165) is 18.8 Å². The van der Waals surface area contributed by atoms with E-state index in [1.54, 1.807) is 13.1 Å². The van der Waals surface area contributed by atoms with Crippen LogP contribution in [0.4, 0.5) is 0 Å². The molecule has 0 saturated heterocycles. The summed E-state index contributed by atoms with van der Waals surface area (Å²) in [5, 5.41) is 17.8. The van der Waals surface area contributed by atoms with Gasteiger partial charge >= 0.3 is 0 Å². The monoisotopic (exact) mass is 259 g/mol. The Bertz CT molecular complexity index is 329. The van der Waals surface area contributed by atoms with Gasteiger partial charge in [0.2, 0.25) is 0 Å². The molecule has 0 aliphatic carbocycles. The Kier molecular flexibility index (Phi) is 5.99. The molecule has 0 amide bonds. The zero-order valence-electron chi connectivity index (χ0n) is 8.96. The zero-order chi connectivity index (χ0) is 11.8. The lowest BCUT2D eigenvalue weighted by Gasteiger charge is -2.07. The number of nitrogens with zero attached hydrogens (tertiary/aromatic N) is 2. The van der Waals surface area contributed by atoms with Crippen molar-refractivity contribution in [1.82, 2.24) is 26.1 Å². The fourth-order valence-corrected chi connectivity index (χ4v) is 1.21. The Morgan fingerprint density at radius 2 is 2.19 bits per heavy atom. The van der Waals surface area contributed by atoms with Crippen molar-refractivity contribution >= 4 is 28.9 Å². The van der Waals surface area contributed by atoms with Crippen LogP contribution in [0.1, 0.15) is 5.69 Å². The van der Waals surface area contributed by atoms with Gasteiger partial charge in [-0.1, -0.05) is 11.6 Å². The summed E-state index contributed by atoms with van der Waals surface area (Å²) in [5.41, 5.74) is 0.862. The molecule has 1 heterocycles. The molecule has 7 heteroatoms. The molecular formula is C9H14ClN5S. The molecule has 3 N–H and O–H groups in total. The molecule has 16 heavy (non-hydrogen) atoms. The Morgan fingerprint density at radius 3 is 2.81 bits per heavy atom. The maximum atomic E-state index is 5.62. The van der Waals surface area contributed by atoms with Crippen LogP contribution < -0.4 is 16.0 Å². The average Bonchev–Trinajstić information content (AvgIpc) is 2.31. The molecule has 88 valence electrons. The highest BCUT2D eigenvalue weighted by molar-refractivity contribution is 7.80. The Hall–Kier alpha value is -0.980. The Balaban J connectivity index is 2.11. The minimum atomic E-state index is 0.407. The Labute approximate surface area is 105 Å². The molecule has 0 bridgehead atoms. The van der Waals surface area contributed by atoms with Gasteiger partial charge in [0.1, 0.15) is 0 Å². The number of rotatable bonds is 5. The number of hydrogen-bond acceptors (Lipinski definition) is 4. The van der Waals surface area contributed by atoms with Crippen molar-refractivity contribution in [2.45, 2.75) is 6.54 Å². The number of thiocarbonyl (C=S) groups is 1. The average molecular weight is 260 g/mol.